The smallest absolute Gasteiger partial charge is 0.0482 e. The predicted octanol–water partition coefficient (Wildman–Crippen LogP) is 3.19. The van der Waals surface area contributed by atoms with Crippen LogP contribution in [-0.4, -0.2) is 32.3 Å². The average molecular weight is 276 g/mol. The van der Waals surface area contributed by atoms with Gasteiger partial charge >= 0.3 is 0 Å². The van der Waals surface area contributed by atoms with Crippen LogP contribution in [0.3, 0.4) is 0 Å². The fourth-order valence-corrected chi connectivity index (χ4v) is 2.91. The fourth-order valence-electron chi connectivity index (χ4n) is 2.91. The van der Waals surface area contributed by atoms with Gasteiger partial charge in [-0.05, 0) is 31.4 Å². The molecule has 1 aliphatic rings. The second kappa shape index (κ2) is 8.28. The zero-order chi connectivity index (χ0) is 14.2. The van der Waals surface area contributed by atoms with Crippen molar-refractivity contribution in [3.05, 3.63) is 29.8 Å². The third-order valence-electron chi connectivity index (χ3n) is 3.91. The van der Waals surface area contributed by atoms with E-state index in [9.17, 15) is 0 Å². The highest BCUT2D eigenvalue weighted by Gasteiger charge is 2.20. The minimum atomic E-state index is 0.597. The van der Waals surface area contributed by atoms with Gasteiger partial charge in [-0.1, -0.05) is 31.5 Å². The fraction of sp³-hybridized carbons (Fsp3) is 0.647. The zero-order valence-electron chi connectivity index (χ0n) is 12.9. The topological polar surface area (TPSA) is 24.5 Å². The van der Waals surface area contributed by atoms with Crippen molar-refractivity contribution in [2.75, 3.05) is 31.2 Å². The van der Waals surface area contributed by atoms with E-state index in [1.807, 2.05) is 0 Å². The number of rotatable bonds is 7. The molecule has 0 bridgehead atoms. The predicted molar refractivity (Wildman–Crippen MR) is 85.3 cm³/mol. The lowest BCUT2D eigenvalue weighted by Crippen LogP contribution is -2.38. The van der Waals surface area contributed by atoms with E-state index in [1.165, 1.54) is 24.1 Å². The lowest BCUT2D eigenvalue weighted by molar-refractivity contribution is 0.146. The number of hydrogen-bond donors (Lipinski definition) is 1. The van der Waals surface area contributed by atoms with Crippen LogP contribution in [0.15, 0.2) is 24.3 Å². The highest BCUT2D eigenvalue weighted by molar-refractivity contribution is 5.54. The second-order valence-corrected chi connectivity index (χ2v) is 5.49. The molecule has 0 fully saturated rings. The van der Waals surface area contributed by atoms with E-state index in [-0.39, 0.29) is 0 Å². The highest BCUT2D eigenvalue weighted by Crippen LogP contribution is 2.24. The van der Waals surface area contributed by atoms with Gasteiger partial charge in [0.1, 0.15) is 0 Å². The quantitative estimate of drug-likeness (QED) is 0.774. The molecule has 0 aromatic heterocycles. The number of fused-ring (bicyclic) bond motifs is 1. The molecular formula is C17H28N2O. The van der Waals surface area contributed by atoms with Gasteiger partial charge in [-0.3, -0.25) is 0 Å². The Labute approximate surface area is 123 Å². The van der Waals surface area contributed by atoms with Crippen LogP contribution >= 0.6 is 0 Å². The maximum absolute atomic E-state index is 5.48. The van der Waals surface area contributed by atoms with Crippen molar-refractivity contribution in [1.29, 1.82) is 0 Å². The molecule has 2 rings (SSSR count). The molecule has 0 aliphatic carbocycles. The molecule has 1 aromatic rings. The maximum Gasteiger partial charge on any atom is 0.0482 e. The first kappa shape index (κ1) is 15.3. The molecule has 1 heterocycles. The summed E-state index contributed by atoms with van der Waals surface area (Å²) < 4.78 is 5.48. The summed E-state index contributed by atoms with van der Waals surface area (Å²) in [4.78, 5) is 2.54. The average Bonchev–Trinajstić information content (AvgIpc) is 2.65. The van der Waals surface area contributed by atoms with Crippen molar-refractivity contribution in [1.82, 2.24) is 5.32 Å². The molecule has 0 amide bonds. The molecule has 0 saturated carbocycles. The van der Waals surface area contributed by atoms with Crippen molar-refractivity contribution in [3.63, 3.8) is 0 Å². The van der Waals surface area contributed by atoms with E-state index >= 15 is 0 Å². The first-order valence-corrected chi connectivity index (χ1v) is 7.99. The highest BCUT2D eigenvalue weighted by atomic mass is 16.5. The van der Waals surface area contributed by atoms with E-state index < -0.39 is 0 Å². The molecule has 1 atom stereocenters. The molecule has 20 heavy (non-hydrogen) atoms. The van der Waals surface area contributed by atoms with Crippen LogP contribution in [0.4, 0.5) is 5.69 Å². The van der Waals surface area contributed by atoms with Crippen LogP contribution in [0.1, 0.15) is 38.7 Å². The molecule has 1 N–H and O–H groups in total. The lowest BCUT2D eigenvalue weighted by atomic mass is 10.1. The van der Waals surface area contributed by atoms with Crippen LogP contribution in [0.2, 0.25) is 0 Å². The SMILES string of the molecule is CCCC1CN(CCCOCC)c2ccccc2CN1. The number of hydrogen-bond acceptors (Lipinski definition) is 3. The maximum atomic E-state index is 5.48. The summed E-state index contributed by atoms with van der Waals surface area (Å²) in [5.74, 6) is 0. The number of anilines is 1. The van der Waals surface area contributed by atoms with Gasteiger partial charge in [0, 0.05) is 44.6 Å². The molecule has 0 radical (unpaired) electrons. The summed E-state index contributed by atoms with van der Waals surface area (Å²) in [6.07, 6.45) is 3.58. The summed E-state index contributed by atoms with van der Waals surface area (Å²) in [5, 5.41) is 3.70. The molecule has 1 aliphatic heterocycles. The van der Waals surface area contributed by atoms with Crippen molar-refractivity contribution in [2.24, 2.45) is 0 Å². The summed E-state index contributed by atoms with van der Waals surface area (Å²) in [6.45, 7) is 9.18. The molecule has 1 aromatic carbocycles. The van der Waals surface area contributed by atoms with Gasteiger partial charge in [-0.2, -0.15) is 0 Å². The van der Waals surface area contributed by atoms with Crippen LogP contribution in [0, 0.1) is 0 Å². The Kier molecular flexibility index (Phi) is 6.34. The second-order valence-electron chi connectivity index (χ2n) is 5.49. The number of ether oxygens (including phenoxy) is 1. The Balaban J connectivity index is 2.03. The lowest BCUT2D eigenvalue weighted by Gasteiger charge is -2.27. The zero-order valence-corrected chi connectivity index (χ0v) is 12.9. The summed E-state index contributed by atoms with van der Waals surface area (Å²) in [6, 6.07) is 9.38. The van der Waals surface area contributed by atoms with E-state index in [1.54, 1.807) is 0 Å². The third kappa shape index (κ3) is 4.22. The van der Waals surface area contributed by atoms with Gasteiger partial charge in [0.2, 0.25) is 0 Å². The molecule has 1 unspecified atom stereocenters. The Bertz CT molecular complexity index is 394. The molecule has 0 saturated heterocycles. The summed E-state index contributed by atoms with van der Waals surface area (Å²) >= 11 is 0. The molecule has 0 spiro atoms. The normalized spacial score (nSPS) is 18.7. The first-order chi connectivity index (χ1) is 9.85. The molecule has 3 nitrogen and oxygen atoms in total. The van der Waals surface area contributed by atoms with Gasteiger partial charge in [0.25, 0.3) is 0 Å². The van der Waals surface area contributed by atoms with E-state index in [4.69, 9.17) is 4.74 Å². The van der Waals surface area contributed by atoms with Crippen molar-refractivity contribution in [3.8, 4) is 0 Å². The van der Waals surface area contributed by atoms with Gasteiger partial charge in [0.15, 0.2) is 0 Å². The first-order valence-electron chi connectivity index (χ1n) is 7.99. The largest absolute Gasteiger partial charge is 0.382 e. The molecule has 3 heteroatoms. The van der Waals surface area contributed by atoms with E-state index in [0.29, 0.717) is 6.04 Å². The van der Waals surface area contributed by atoms with Crippen LogP contribution in [0.5, 0.6) is 0 Å². The number of para-hydroxylation sites is 1. The Hall–Kier alpha value is -1.06. The van der Waals surface area contributed by atoms with Crippen LogP contribution < -0.4 is 10.2 Å². The standard InChI is InChI=1S/C17H28N2O/c1-3-8-16-14-19(11-7-12-20-4-2)17-10-6-5-9-15(17)13-18-16/h5-6,9-10,16,18H,3-4,7-8,11-14H2,1-2H3. The van der Waals surface area contributed by atoms with Crippen molar-refractivity contribution < 1.29 is 4.74 Å². The Morgan fingerprint density at radius 3 is 2.95 bits per heavy atom. The minimum Gasteiger partial charge on any atom is -0.382 e. The van der Waals surface area contributed by atoms with E-state index in [0.717, 1.165) is 39.3 Å². The number of benzene rings is 1. The van der Waals surface area contributed by atoms with Gasteiger partial charge < -0.3 is 15.0 Å². The minimum absolute atomic E-state index is 0.597. The van der Waals surface area contributed by atoms with Crippen molar-refractivity contribution in [2.45, 2.75) is 45.7 Å². The molecule has 112 valence electrons. The number of nitrogens with zero attached hydrogens (tertiary/aromatic N) is 1. The van der Waals surface area contributed by atoms with E-state index in [2.05, 4.69) is 48.3 Å². The third-order valence-corrected chi connectivity index (χ3v) is 3.91. The van der Waals surface area contributed by atoms with Gasteiger partial charge in [-0.25, -0.2) is 0 Å². The Morgan fingerprint density at radius 1 is 1.30 bits per heavy atom. The Morgan fingerprint density at radius 2 is 2.15 bits per heavy atom. The van der Waals surface area contributed by atoms with Crippen LogP contribution in [-0.2, 0) is 11.3 Å². The molecular weight excluding hydrogens is 248 g/mol. The summed E-state index contributed by atoms with van der Waals surface area (Å²) in [5.41, 5.74) is 2.82. The van der Waals surface area contributed by atoms with Gasteiger partial charge in [-0.15, -0.1) is 0 Å². The monoisotopic (exact) mass is 276 g/mol. The van der Waals surface area contributed by atoms with Crippen molar-refractivity contribution >= 4 is 5.69 Å². The summed E-state index contributed by atoms with van der Waals surface area (Å²) in [7, 11) is 0. The van der Waals surface area contributed by atoms with Gasteiger partial charge in [0.05, 0.1) is 0 Å². The number of nitrogens with one attached hydrogen (secondary N) is 1. The van der Waals surface area contributed by atoms with Crippen LogP contribution in [0.25, 0.3) is 0 Å².